The molecule has 0 heterocycles. The zero-order valence-electron chi connectivity index (χ0n) is 15.4. The van der Waals surface area contributed by atoms with Crippen LogP contribution in [0.4, 0.5) is 0 Å². The lowest BCUT2D eigenvalue weighted by Crippen LogP contribution is -1.77. The molecule has 0 N–H and O–H groups in total. The first-order valence-electron chi connectivity index (χ1n) is 9.27. The summed E-state index contributed by atoms with van der Waals surface area (Å²) >= 11 is 0. The van der Waals surface area contributed by atoms with Crippen LogP contribution in [0.15, 0.2) is 0 Å². The summed E-state index contributed by atoms with van der Waals surface area (Å²) in [4.78, 5) is 0. The quantitative estimate of drug-likeness (QED) is 0.453. The summed E-state index contributed by atoms with van der Waals surface area (Å²) in [6, 6.07) is 0. The third-order valence-electron chi connectivity index (χ3n) is 3.32. The molecule has 0 aliphatic heterocycles. The van der Waals surface area contributed by atoms with Gasteiger partial charge in [0, 0.05) is 0 Å². The van der Waals surface area contributed by atoms with E-state index in [2.05, 4.69) is 20.8 Å². The van der Waals surface area contributed by atoms with E-state index >= 15 is 0 Å². The van der Waals surface area contributed by atoms with E-state index in [0.717, 1.165) is 5.92 Å². The maximum atomic E-state index is 2.22. The van der Waals surface area contributed by atoms with Crippen LogP contribution >= 0.6 is 0 Å². The van der Waals surface area contributed by atoms with Crippen molar-refractivity contribution in [1.82, 2.24) is 0 Å². The van der Waals surface area contributed by atoms with Crippen molar-refractivity contribution in [1.29, 1.82) is 0 Å². The maximum absolute atomic E-state index is 2.22. The number of hydrogen-bond donors (Lipinski definition) is 0. The average molecular weight is 273 g/mol. The first-order chi connectivity index (χ1) is 9.27. The molecule has 2 saturated carbocycles. The predicted octanol–water partition coefficient (Wildman–Crippen LogP) is 8.01. The second-order valence-corrected chi connectivity index (χ2v) is 5.34. The Morgan fingerprint density at radius 3 is 0.684 bits per heavy atom. The van der Waals surface area contributed by atoms with Crippen molar-refractivity contribution >= 4 is 0 Å². The van der Waals surface area contributed by atoms with Crippen LogP contribution < -0.4 is 0 Å². The molecule has 0 atom stereocenters. The molecule has 19 heavy (non-hydrogen) atoms. The van der Waals surface area contributed by atoms with Crippen LogP contribution in [0.5, 0.6) is 0 Å². The van der Waals surface area contributed by atoms with Crippen LogP contribution in [-0.4, -0.2) is 0 Å². The van der Waals surface area contributed by atoms with Crippen LogP contribution in [0.1, 0.15) is 119 Å². The molecule has 2 aliphatic rings. The summed E-state index contributed by atoms with van der Waals surface area (Å²) in [6.45, 7) is 14.6. The molecule has 0 radical (unpaired) electrons. The van der Waals surface area contributed by atoms with Crippen LogP contribution in [0.2, 0.25) is 0 Å². The van der Waals surface area contributed by atoms with Gasteiger partial charge in [0.2, 0.25) is 0 Å². The molecule has 0 aromatic rings. The first kappa shape index (κ1) is 24.0. The summed E-state index contributed by atoms with van der Waals surface area (Å²) in [6.07, 6.45) is 16.3. The van der Waals surface area contributed by atoms with Crippen molar-refractivity contribution in [3.8, 4) is 0 Å². The second kappa shape index (κ2) is 26.5. The van der Waals surface area contributed by atoms with Gasteiger partial charge in [-0.05, 0) is 5.92 Å². The summed E-state index contributed by atoms with van der Waals surface area (Å²) < 4.78 is 0. The molecule has 0 saturated heterocycles. The van der Waals surface area contributed by atoms with Crippen molar-refractivity contribution in [2.75, 3.05) is 0 Å². The lowest BCUT2D eigenvalue weighted by molar-refractivity contribution is 0.626. The van der Waals surface area contributed by atoms with Gasteiger partial charge in [0.25, 0.3) is 0 Å². The zero-order chi connectivity index (χ0) is 15.4. The smallest absolute Gasteiger partial charge is 0.0474 e. The second-order valence-electron chi connectivity index (χ2n) is 5.34. The van der Waals surface area contributed by atoms with Gasteiger partial charge < -0.3 is 0 Å². The molecule has 0 bridgehead atoms. The molecule has 0 heteroatoms. The van der Waals surface area contributed by atoms with E-state index in [4.69, 9.17) is 0 Å². The zero-order valence-corrected chi connectivity index (χ0v) is 15.4. The van der Waals surface area contributed by atoms with Crippen LogP contribution in [0.3, 0.4) is 0 Å². The van der Waals surface area contributed by atoms with Crippen molar-refractivity contribution in [2.24, 2.45) is 5.92 Å². The van der Waals surface area contributed by atoms with Crippen LogP contribution in [-0.2, 0) is 0 Å². The molecular formula is C19H44. The minimum atomic E-state index is 0.884. The average Bonchev–Trinajstić information content (AvgIpc) is 3.20. The summed E-state index contributed by atoms with van der Waals surface area (Å²) in [7, 11) is 0. The Hall–Kier alpha value is 0. The van der Waals surface area contributed by atoms with Crippen molar-refractivity contribution < 1.29 is 0 Å². The molecule has 2 rings (SSSR count). The van der Waals surface area contributed by atoms with E-state index in [9.17, 15) is 0 Å². The van der Waals surface area contributed by atoms with Gasteiger partial charge in [-0.25, -0.2) is 0 Å². The number of rotatable bonds is 1. The van der Waals surface area contributed by atoms with Gasteiger partial charge in [0.15, 0.2) is 0 Å². The van der Waals surface area contributed by atoms with Crippen LogP contribution in [0.25, 0.3) is 0 Å². The largest absolute Gasteiger partial charge is 0.0683 e. The van der Waals surface area contributed by atoms with Crippen LogP contribution in [0, 0.1) is 5.92 Å². The predicted molar refractivity (Wildman–Crippen MR) is 94.0 cm³/mol. The Morgan fingerprint density at radius 2 is 0.632 bits per heavy atom. The Kier molecular flexibility index (Phi) is 33.6. The minimum Gasteiger partial charge on any atom is -0.0683 e. The summed E-state index contributed by atoms with van der Waals surface area (Å²) in [5.41, 5.74) is 0. The topological polar surface area (TPSA) is 0 Å². The van der Waals surface area contributed by atoms with E-state index in [0.29, 0.717) is 0 Å². The van der Waals surface area contributed by atoms with E-state index in [1.807, 2.05) is 27.7 Å². The van der Waals surface area contributed by atoms with Crippen molar-refractivity contribution in [3.63, 3.8) is 0 Å². The number of hydrogen-bond acceptors (Lipinski definition) is 0. The first-order valence-corrected chi connectivity index (χ1v) is 9.27. The SMILES string of the molecule is C1CCCC1.C1CCCC1.CC.CC.CCC(C)C. The Balaban J connectivity index is -0.000000179. The van der Waals surface area contributed by atoms with E-state index in [-0.39, 0.29) is 0 Å². The van der Waals surface area contributed by atoms with Crippen molar-refractivity contribution in [2.45, 2.75) is 119 Å². The fourth-order valence-electron chi connectivity index (χ4n) is 1.77. The van der Waals surface area contributed by atoms with Gasteiger partial charge in [0.05, 0.1) is 0 Å². The maximum Gasteiger partial charge on any atom is -0.0474 e. The van der Waals surface area contributed by atoms with Gasteiger partial charge in [-0.15, -0.1) is 0 Å². The Bertz CT molecular complexity index is 71.4. The fraction of sp³-hybridized carbons (Fsp3) is 1.00. The van der Waals surface area contributed by atoms with Gasteiger partial charge >= 0.3 is 0 Å². The van der Waals surface area contributed by atoms with E-state index in [1.165, 1.54) is 70.6 Å². The molecule has 0 unspecified atom stereocenters. The lowest BCUT2D eigenvalue weighted by Gasteiger charge is -1.90. The van der Waals surface area contributed by atoms with Gasteiger partial charge in [-0.3, -0.25) is 0 Å². The molecule has 0 nitrogen and oxygen atoms in total. The van der Waals surface area contributed by atoms with Crippen molar-refractivity contribution in [3.05, 3.63) is 0 Å². The third-order valence-corrected chi connectivity index (χ3v) is 3.32. The normalized spacial score (nSPS) is 15.8. The highest BCUT2D eigenvalue weighted by atomic mass is 14.0. The molecule has 0 aromatic carbocycles. The Morgan fingerprint density at radius 1 is 0.526 bits per heavy atom. The summed E-state index contributed by atoms with van der Waals surface area (Å²) in [5.74, 6) is 0.884. The molecule has 0 spiro atoms. The molecule has 0 aromatic heterocycles. The van der Waals surface area contributed by atoms with Gasteiger partial charge in [-0.1, -0.05) is 119 Å². The monoisotopic (exact) mass is 272 g/mol. The fourth-order valence-corrected chi connectivity index (χ4v) is 1.77. The van der Waals surface area contributed by atoms with E-state index in [1.54, 1.807) is 0 Å². The molecule has 120 valence electrons. The van der Waals surface area contributed by atoms with E-state index < -0.39 is 0 Å². The highest BCUT2D eigenvalue weighted by Gasteiger charge is 1.95. The van der Waals surface area contributed by atoms with Gasteiger partial charge in [0.1, 0.15) is 0 Å². The third kappa shape index (κ3) is 32.0. The lowest BCUT2D eigenvalue weighted by atomic mass is 10.2. The standard InChI is InChI=1S/2C5H10.C5H12.2C2H6/c2*1-2-4-5-3-1;1-4-5(2)3;2*1-2/h2*1-5H2;5H,4H2,1-3H3;2*1-2H3. The minimum absolute atomic E-state index is 0.884. The molecule has 2 fully saturated rings. The molecular weight excluding hydrogens is 228 g/mol. The molecule has 2 aliphatic carbocycles. The highest BCUT2D eigenvalue weighted by Crippen LogP contribution is 2.15. The highest BCUT2D eigenvalue weighted by molar-refractivity contribution is 4.51. The Labute approximate surface area is 125 Å². The van der Waals surface area contributed by atoms with Gasteiger partial charge in [-0.2, -0.15) is 0 Å². The molecule has 0 amide bonds. The summed E-state index contributed by atoms with van der Waals surface area (Å²) in [5, 5.41) is 0.